The SMILES string of the molecule is COc1cc(C)c(C#Cc2cc(CN3CCNCCN(Cc4cc(C#Cc5c(C)cc(OC)cc5C)cc(C(=O)[O-])n4)CC3)nc(C(=O)[O-])c2)c(C)c1. The Labute approximate surface area is 311 Å². The van der Waals surface area contributed by atoms with Crippen molar-refractivity contribution in [1.82, 2.24) is 25.1 Å². The molecule has 53 heavy (non-hydrogen) atoms. The molecule has 0 saturated carbocycles. The van der Waals surface area contributed by atoms with Gasteiger partial charge < -0.3 is 34.6 Å². The quantitative estimate of drug-likeness (QED) is 0.269. The van der Waals surface area contributed by atoms with Gasteiger partial charge in [-0.3, -0.25) is 19.8 Å². The first-order chi connectivity index (χ1) is 25.4. The van der Waals surface area contributed by atoms with Crippen LogP contribution in [0.15, 0.2) is 48.5 Å². The van der Waals surface area contributed by atoms with E-state index in [2.05, 4.69) is 48.8 Å². The highest BCUT2D eigenvalue weighted by Crippen LogP contribution is 2.22. The fourth-order valence-corrected chi connectivity index (χ4v) is 6.32. The molecule has 1 N–H and O–H groups in total. The van der Waals surface area contributed by atoms with Crippen LogP contribution in [0.2, 0.25) is 0 Å². The average molecular weight is 714 g/mol. The summed E-state index contributed by atoms with van der Waals surface area (Å²) in [7, 11) is 3.24. The molecule has 0 spiro atoms. The van der Waals surface area contributed by atoms with Crippen LogP contribution in [0.4, 0.5) is 0 Å². The summed E-state index contributed by atoms with van der Waals surface area (Å²) < 4.78 is 10.7. The van der Waals surface area contributed by atoms with Crippen molar-refractivity contribution >= 4 is 11.9 Å². The number of aryl methyl sites for hydroxylation is 4. The molecule has 1 aliphatic heterocycles. The Morgan fingerprint density at radius 3 is 1.34 bits per heavy atom. The number of aromatic nitrogens is 2. The second kappa shape index (κ2) is 17.7. The Bertz CT molecular complexity index is 1940. The third kappa shape index (κ3) is 10.4. The first-order valence-corrected chi connectivity index (χ1v) is 17.4. The number of aromatic carboxylic acids is 2. The van der Waals surface area contributed by atoms with Gasteiger partial charge >= 0.3 is 0 Å². The maximum absolute atomic E-state index is 11.9. The summed E-state index contributed by atoms with van der Waals surface area (Å²) in [5.41, 5.74) is 7.40. The van der Waals surface area contributed by atoms with Crippen LogP contribution in [0.5, 0.6) is 11.5 Å². The van der Waals surface area contributed by atoms with Gasteiger partial charge in [0.15, 0.2) is 0 Å². The number of carbonyl (C=O) groups excluding carboxylic acids is 2. The number of carboxylic acids is 2. The fraction of sp³-hybridized carbons (Fsp3) is 0.333. The predicted molar refractivity (Wildman–Crippen MR) is 197 cm³/mol. The zero-order valence-electron chi connectivity index (χ0n) is 31.0. The maximum Gasteiger partial charge on any atom is 0.119 e. The van der Waals surface area contributed by atoms with Crippen LogP contribution in [0, 0.1) is 51.4 Å². The third-order valence-corrected chi connectivity index (χ3v) is 9.04. The molecule has 4 aromatic rings. The van der Waals surface area contributed by atoms with Crippen molar-refractivity contribution < 1.29 is 29.3 Å². The van der Waals surface area contributed by atoms with Gasteiger partial charge in [0.05, 0.1) is 48.9 Å². The van der Waals surface area contributed by atoms with Gasteiger partial charge in [-0.15, -0.1) is 0 Å². The molecule has 5 rings (SSSR count). The molecule has 3 heterocycles. The van der Waals surface area contributed by atoms with Crippen LogP contribution in [-0.2, 0) is 13.1 Å². The molecule has 11 nitrogen and oxygen atoms in total. The monoisotopic (exact) mass is 713 g/mol. The van der Waals surface area contributed by atoms with E-state index in [4.69, 9.17) is 9.47 Å². The highest BCUT2D eigenvalue weighted by Gasteiger charge is 2.16. The number of ether oxygens (including phenoxy) is 2. The standard InChI is InChI=1S/C42H45N5O6/c1-27-17-35(52-5)18-28(2)37(27)9-7-31-21-33(44-39(23-31)41(48)49)25-46-13-11-43-12-14-47(16-15-46)26-34-22-32(24-40(45-34)42(50)51)8-10-38-29(3)19-36(53-6)20-30(38)4/h17-24,43H,11-16,25-26H2,1-6H3,(H,48,49)(H,50,51)/p-2. The minimum atomic E-state index is -1.37. The Morgan fingerprint density at radius 2 is 1.00 bits per heavy atom. The van der Waals surface area contributed by atoms with E-state index in [0.29, 0.717) is 61.8 Å². The van der Waals surface area contributed by atoms with E-state index in [-0.39, 0.29) is 11.4 Å². The molecule has 0 atom stereocenters. The molecule has 0 bridgehead atoms. The number of nitrogens with zero attached hydrogens (tertiary/aromatic N) is 4. The Balaban J connectivity index is 1.34. The van der Waals surface area contributed by atoms with Gasteiger partial charge in [0.25, 0.3) is 0 Å². The van der Waals surface area contributed by atoms with Gasteiger partial charge in [0, 0.05) is 74.6 Å². The molecule has 0 amide bonds. The average Bonchev–Trinajstić information content (AvgIpc) is 3.22. The normalized spacial score (nSPS) is 13.7. The lowest BCUT2D eigenvalue weighted by atomic mass is 10.0. The first kappa shape index (κ1) is 38.5. The lowest BCUT2D eigenvalue weighted by molar-refractivity contribution is -0.256. The number of hydrogen-bond donors (Lipinski definition) is 1. The molecule has 0 aliphatic carbocycles. The number of rotatable bonds is 8. The highest BCUT2D eigenvalue weighted by molar-refractivity contribution is 5.84. The smallest absolute Gasteiger partial charge is 0.119 e. The van der Waals surface area contributed by atoms with Crippen LogP contribution in [0.1, 0.15) is 76.9 Å². The number of hydrogen-bond acceptors (Lipinski definition) is 11. The predicted octanol–water partition coefficient (Wildman–Crippen LogP) is 2.16. The van der Waals surface area contributed by atoms with Gasteiger partial charge in [-0.25, -0.2) is 0 Å². The van der Waals surface area contributed by atoms with Crippen molar-refractivity contribution in [3.63, 3.8) is 0 Å². The van der Waals surface area contributed by atoms with Gasteiger partial charge in [-0.1, -0.05) is 23.7 Å². The number of carbonyl (C=O) groups is 2. The Hall–Kier alpha value is -5.72. The second-order valence-electron chi connectivity index (χ2n) is 13.1. The number of pyridine rings is 2. The third-order valence-electron chi connectivity index (χ3n) is 9.04. The zero-order chi connectivity index (χ0) is 38.1. The minimum Gasteiger partial charge on any atom is -0.543 e. The molecule has 1 saturated heterocycles. The van der Waals surface area contributed by atoms with Crippen LogP contribution in [0.25, 0.3) is 0 Å². The lowest BCUT2D eigenvalue weighted by Crippen LogP contribution is -2.36. The highest BCUT2D eigenvalue weighted by atomic mass is 16.5. The van der Waals surface area contributed by atoms with Crippen molar-refractivity contribution in [2.24, 2.45) is 0 Å². The zero-order valence-corrected chi connectivity index (χ0v) is 31.0. The van der Waals surface area contributed by atoms with Crippen LogP contribution < -0.4 is 25.0 Å². The van der Waals surface area contributed by atoms with E-state index in [1.165, 1.54) is 12.1 Å². The first-order valence-electron chi connectivity index (χ1n) is 17.4. The van der Waals surface area contributed by atoms with Crippen molar-refractivity contribution in [2.45, 2.75) is 40.8 Å². The summed E-state index contributed by atoms with van der Waals surface area (Å²) in [6, 6.07) is 14.2. The number of nitrogens with one attached hydrogen (secondary N) is 1. The lowest BCUT2D eigenvalue weighted by Gasteiger charge is -2.26. The summed E-state index contributed by atoms with van der Waals surface area (Å²) >= 11 is 0. The summed E-state index contributed by atoms with van der Waals surface area (Å²) in [4.78, 5) is 37.1. The van der Waals surface area contributed by atoms with Crippen molar-refractivity contribution in [1.29, 1.82) is 0 Å². The molecular formula is C42H43N5O6-2. The van der Waals surface area contributed by atoms with Gasteiger partial charge in [0.1, 0.15) is 11.5 Å². The van der Waals surface area contributed by atoms with Crippen LogP contribution in [-0.4, -0.2) is 85.2 Å². The molecule has 11 heteroatoms. The van der Waals surface area contributed by atoms with Crippen molar-refractivity contribution in [2.75, 3.05) is 53.5 Å². The van der Waals surface area contributed by atoms with Crippen molar-refractivity contribution in [3.8, 4) is 35.2 Å². The van der Waals surface area contributed by atoms with E-state index in [1.807, 2.05) is 64.1 Å². The molecule has 2 aromatic heterocycles. The van der Waals surface area contributed by atoms with E-state index < -0.39 is 11.9 Å². The second-order valence-corrected chi connectivity index (χ2v) is 13.1. The molecule has 2 aromatic carbocycles. The number of carboxylic acid groups (broad SMARTS) is 2. The Kier molecular flexibility index (Phi) is 12.8. The molecule has 1 aliphatic rings. The number of benzene rings is 2. The fourth-order valence-electron chi connectivity index (χ4n) is 6.32. The van der Waals surface area contributed by atoms with Crippen LogP contribution in [0.3, 0.4) is 0 Å². The van der Waals surface area contributed by atoms with E-state index in [9.17, 15) is 19.8 Å². The van der Waals surface area contributed by atoms with E-state index in [1.54, 1.807) is 14.2 Å². The van der Waals surface area contributed by atoms with Gasteiger partial charge in [0.2, 0.25) is 0 Å². The summed E-state index contributed by atoms with van der Waals surface area (Å²) in [6.45, 7) is 12.8. The molecule has 1 fully saturated rings. The largest absolute Gasteiger partial charge is 0.543 e. The maximum atomic E-state index is 11.9. The Morgan fingerprint density at radius 1 is 0.623 bits per heavy atom. The molecule has 0 radical (unpaired) electrons. The topological polar surface area (TPSA) is 143 Å². The minimum absolute atomic E-state index is 0.172. The summed E-state index contributed by atoms with van der Waals surface area (Å²) in [5.74, 6) is 11.4. The van der Waals surface area contributed by atoms with Gasteiger partial charge in [-0.2, -0.15) is 0 Å². The van der Waals surface area contributed by atoms with Crippen molar-refractivity contribution in [3.05, 3.63) is 116 Å². The summed E-state index contributed by atoms with van der Waals surface area (Å²) in [5, 5.41) is 27.3. The molecule has 0 unspecified atom stereocenters. The van der Waals surface area contributed by atoms with Gasteiger partial charge in [-0.05, 0) is 98.5 Å². The molecular weight excluding hydrogens is 670 g/mol. The number of methoxy groups -OCH3 is 2. The van der Waals surface area contributed by atoms with E-state index >= 15 is 0 Å². The summed E-state index contributed by atoms with van der Waals surface area (Å²) in [6.07, 6.45) is 0. The molecule has 274 valence electrons. The van der Waals surface area contributed by atoms with Crippen LogP contribution >= 0.6 is 0 Å². The van der Waals surface area contributed by atoms with E-state index in [0.717, 1.165) is 58.0 Å².